The van der Waals surface area contributed by atoms with Crippen LogP contribution in [0.3, 0.4) is 0 Å². The van der Waals surface area contributed by atoms with E-state index < -0.39 is 11.8 Å². The van der Waals surface area contributed by atoms with E-state index in [0.29, 0.717) is 19.5 Å². The molecule has 2 heterocycles. The summed E-state index contributed by atoms with van der Waals surface area (Å²) in [6, 6.07) is 21.8. The van der Waals surface area contributed by atoms with Crippen LogP contribution in [0.25, 0.3) is 0 Å². The van der Waals surface area contributed by atoms with Gasteiger partial charge in [0.15, 0.2) is 0 Å². The predicted octanol–water partition coefficient (Wildman–Crippen LogP) is 2.43. The molecule has 4 rings (SSSR count). The Labute approximate surface area is 212 Å². The number of aromatic nitrogens is 1. The van der Waals surface area contributed by atoms with Crippen molar-refractivity contribution in [2.24, 2.45) is 0 Å². The first-order valence-electron chi connectivity index (χ1n) is 12.3. The van der Waals surface area contributed by atoms with Gasteiger partial charge in [-0.1, -0.05) is 36.4 Å². The molecule has 0 spiro atoms. The number of hydrogen-bond donors (Lipinski definition) is 2. The van der Waals surface area contributed by atoms with Gasteiger partial charge in [-0.2, -0.15) is 0 Å². The summed E-state index contributed by atoms with van der Waals surface area (Å²) in [5.74, 6) is -0.386. The number of ether oxygens (including phenoxy) is 1. The molecule has 188 valence electrons. The fourth-order valence-corrected chi connectivity index (χ4v) is 4.43. The summed E-state index contributed by atoms with van der Waals surface area (Å²) in [6.45, 7) is 4.11. The summed E-state index contributed by atoms with van der Waals surface area (Å²) in [4.78, 5) is 33.8. The van der Waals surface area contributed by atoms with Crippen LogP contribution >= 0.6 is 0 Å². The summed E-state index contributed by atoms with van der Waals surface area (Å²) in [7, 11) is 1.67. The van der Waals surface area contributed by atoms with Crippen molar-refractivity contribution >= 4 is 17.5 Å². The van der Waals surface area contributed by atoms with Gasteiger partial charge >= 0.3 is 11.8 Å². The Hall–Kier alpha value is -3.91. The molecule has 8 heteroatoms. The molecule has 0 radical (unpaired) electrons. The molecule has 1 fully saturated rings. The molecule has 2 aromatic carbocycles. The summed E-state index contributed by atoms with van der Waals surface area (Å²) >= 11 is 0. The van der Waals surface area contributed by atoms with Crippen molar-refractivity contribution in [2.75, 3.05) is 51.3 Å². The Morgan fingerprint density at radius 3 is 2.31 bits per heavy atom. The maximum Gasteiger partial charge on any atom is 0.309 e. The third kappa shape index (κ3) is 6.82. The highest BCUT2D eigenvalue weighted by molar-refractivity contribution is 6.35. The number of piperazine rings is 1. The first-order valence-corrected chi connectivity index (χ1v) is 12.3. The molecule has 1 aromatic heterocycles. The van der Waals surface area contributed by atoms with E-state index in [-0.39, 0.29) is 6.04 Å². The van der Waals surface area contributed by atoms with Crippen LogP contribution in [0, 0.1) is 0 Å². The van der Waals surface area contributed by atoms with Crippen molar-refractivity contribution in [3.63, 3.8) is 0 Å². The molecule has 1 saturated heterocycles. The van der Waals surface area contributed by atoms with Crippen molar-refractivity contribution in [3.05, 3.63) is 90.3 Å². The average molecular weight is 488 g/mol. The number of methoxy groups -OCH3 is 1. The van der Waals surface area contributed by atoms with Crippen LogP contribution in [0.15, 0.2) is 79.1 Å². The minimum atomic E-state index is -0.617. The third-order valence-electron chi connectivity index (χ3n) is 6.47. The van der Waals surface area contributed by atoms with Gasteiger partial charge in [-0.05, 0) is 47.9 Å². The normalized spacial score (nSPS) is 14.6. The van der Waals surface area contributed by atoms with E-state index in [0.717, 1.165) is 48.7 Å². The molecule has 0 bridgehead atoms. The lowest BCUT2D eigenvalue weighted by Crippen LogP contribution is -2.51. The van der Waals surface area contributed by atoms with Crippen LogP contribution < -0.4 is 20.3 Å². The molecule has 0 aliphatic carbocycles. The van der Waals surface area contributed by atoms with Gasteiger partial charge in [-0.3, -0.25) is 19.5 Å². The van der Waals surface area contributed by atoms with Crippen molar-refractivity contribution in [1.82, 2.24) is 20.5 Å². The molecule has 36 heavy (non-hydrogen) atoms. The summed E-state index contributed by atoms with van der Waals surface area (Å²) < 4.78 is 5.26. The SMILES string of the molecule is COc1ccc(N2CCN([C@@H](CNC(=O)C(=O)NCCc3ccccc3)c3cccnc3)CC2)cc1. The van der Waals surface area contributed by atoms with Gasteiger partial charge in [-0.15, -0.1) is 0 Å². The number of pyridine rings is 1. The lowest BCUT2D eigenvalue weighted by molar-refractivity contribution is -0.139. The van der Waals surface area contributed by atoms with Crippen LogP contribution in [-0.4, -0.2) is 68.1 Å². The van der Waals surface area contributed by atoms with Crippen molar-refractivity contribution < 1.29 is 14.3 Å². The molecule has 2 amide bonds. The Kier molecular flexibility index (Phi) is 8.88. The number of anilines is 1. The van der Waals surface area contributed by atoms with Crippen LogP contribution in [0.2, 0.25) is 0 Å². The lowest BCUT2D eigenvalue weighted by Gasteiger charge is -2.40. The largest absolute Gasteiger partial charge is 0.497 e. The fourth-order valence-electron chi connectivity index (χ4n) is 4.43. The predicted molar refractivity (Wildman–Crippen MR) is 140 cm³/mol. The van der Waals surface area contributed by atoms with Gasteiger partial charge < -0.3 is 20.3 Å². The Morgan fingerprint density at radius 1 is 0.917 bits per heavy atom. The topological polar surface area (TPSA) is 86.8 Å². The molecule has 1 aliphatic heterocycles. The number of nitrogens with zero attached hydrogens (tertiary/aromatic N) is 3. The van der Waals surface area contributed by atoms with E-state index >= 15 is 0 Å². The van der Waals surface area contributed by atoms with Gasteiger partial charge in [0, 0.05) is 57.3 Å². The van der Waals surface area contributed by atoms with E-state index in [1.165, 1.54) is 0 Å². The van der Waals surface area contributed by atoms with Crippen LogP contribution in [-0.2, 0) is 16.0 Å². The zero-order chi connectivity index (χ0) is 25.2. The summed E-state index contributed by atoms with van der Waals surface area (Å²) in [5.41, 5.74) is 3.29. The number of nitrogens with one attached hydrogen (secondary N) is 2. The van der Waals surface area contributed by atoms with E-state index in [1.807, 2.05) is 60.8 Å². The summed E-state index contributed by atoms with van der Waals surface area (Å²) in [5, 5.41) is 5.55. The zero-order valence-electron chi connectivity index (χ0n) is 20.6. The van der Waals surface area contributed by atoms with Crippen LogP contribution in [0.1, 0.15) is 17.2 Å². The first-order chi connectivity index (χ1) is 17.6. The number of hydrogen-bond acceptors (Lipinski definition) is 6. The van der Waals surface area contributed by atoms with Crippen molar-refractivity contribution in [2.45, 2.75) is 12.5 Å². The Balaban J connectivity index is 1.31. The van der Waals surface area contributed by atoms with E-state index in [1.54, 1.807) is 13.3 Å². The highest BCUT2D eigenvalue weighted by atomic mass is 16.5. The molecular formula is C28H33N5O3. The minimum Gasteiger partial charge on any atom is -0.497 e. The van der Waals surface area contributed by atoms with Crippen LogP contribution in [0.4, 0.5) is 5.69 Å². The van der Waals surface area contributed by atoms with Crippen LogP contribution in [0.5, 0.6) is 5.75 Å². The van der Waals surface area contributed by atoms with Gasteiger partial charge in [0.05, 0.1) is 13.2 Å². The second-order valence-electron chi connectivity index (χ2n) is 8.72. The second-order valence-corrected chi connectivity index (χ2v) is 8.72. The minimum absolute atomic E-state index is 0.0715. The van der Waals surface area contributed by atoms with E-state index in [4.69, 9.17) is 4.74 Å². The van der Waals surface area contributed by atoms with E-state index in [2.05, 4.69) is 37.6 Å². The zero-order valence-corrected chi connectivity index (χ0v) is 20.6. The monoisotopic (exact) mass is 487 g/mol. The third-order valence-corrected chi connectivity index (χ3v) is 6.47. The maximum atomic E-state index is 12.5. The molecular weight excluding hydrogens is 454 g/mol. The number of carbonyl (C=O) groups excluding carboxylic acids is 2. The molecule has 0 saturated carbocycles. The number of rotatable bonds is 9. The van der Waals surface area contributed by atoms with Crippen molar-refractivity contribution in [1.29, 1.82) is 0 Å². The standard InChI is InChI=1S/C28H33N5O3/c1-36-25-11-9-24(10-12-25)32-16-18-33(19-17-32)26(23-8-5-14-29-20-23)21-31-28(35)27(34)30-15-13-22-6-3-2-4-7-22/h2-12,14,20,26H,13,15-19,21H2,1H3,(H,30,34)(H,31,35)/t26-/m0/s1. The lowest BCUT2D eigenvalue weighted by atomic mass is 10.1. The smallest absolute Gasteiger partial charge is 0.309 e. The molecule has 1 aliphatic rings. The van der Waals surface area contributed by atoms with Gasteiger partial charge in [0.2, 0.25) is 0 Å². The van der Waals surface area contributed by atoms with Crippen molar-refractivity contribution in [3.8, 4) is 5.75 Å². The molecule has 0 unspecified atom stereocenters. The average Bonchev–Trinajstić information content (AvgIpc) is 2.94. The molecule has 2 N–H and O–H groups in total. The number of amides is 2. The van der Waals surface area contributed by atoms with Gasteiger partial charge in [0.1, 0.15) is 5.75 Å². The van der Waals surface area contributed by atoms with Gasteiger partial charge in [-0.25, -0.2) is 0 Å². The fraction of sp³-hybridized carbons (Fsp3) is 0.321. The highest BCUT2D eigenvalue weighted by Crippen LogP contribution is 2.25. The van der Waals surface area contributed by atoms with E-state index in [9.17, 15) is 9.59 Å². The highest BCUT2D eigenvalue weighted by Gasteiger charge is 2.26. The number of benzene rings is 2. The first kappa shape index (κ1) is 25.2. The molecule has 8 nitrogen and oxygen atoms in total. The van der Waals surface area contributed by atoms with Gasteiger partial charge in [0.25, 0.3) is 0 Å². The quantitative estimate of drug-likeness (QED) is 0.451. The Morgan fingerprint density at radius 2 is 1.64 bits per heavy atom. The molecule has 3 aromatic rings. The molecule has 1 atom stereocenters. The maximum absolute atomic E-state index is 12.5. The number of carbonyl (C=O) groups is 2. The second kappa shape index (κ2) is 12.7. The summed E-state index contributed by atoms with van der Waals surface area (Å²) in [6.07, 6.45) is 4.24. The Bertz CT molecular complexity index is 1100.